The molecule has 2 fully saturated rings. The van der Waals surface area contributed by atoms with E-state index in [0.717, 1.165) is 35.7 Å². The number of nitrogens with zero attached hydrogens (tertiary/aromatic N) is 4. The molecular formula is C15H24BrN5. The fraction of sp³-hybridized carbons (Fsp3) is 0.733. The SMILES string of the molecule is CNc1nc(C2CN(C)CCCN2C)nc(C2CC2)c1Br. The lowest BCUT2D eigenvalue weighted by Gasteiger charge is -2.27. The third-order valence-electron chi connectivity index (χ3n) is 4.46. The Hall–Kier alpha value is -0.720. The Balaban J connectivity index is 1.97. The lowest BCUT2D eigenvalue weighted by atomic mass is 10.2. The predicted octanol–water partition coefficient (Wildman–Crippen LogP) is 2.47. The number of aromatic nitrogens is 2. The minimum atomic E-state index is 0.273. The van der Waals surface area contributed by atoms with Crippen molar-refractivity contribution in [3.8, 4) is 0 Å². The van der Waals surface area contributed by atoms with Gasteiger partial charge in [0.25, 0.3) is 0 Å². The molecule has 0 radical (unpaired) electrons. The Morgan fingerprint density at radius 1 is 1.19 bits per heavy atom. The molecule has 0 spiro atoms. The lowest BCUT2D eigenvalue weighted by molar-refractivity contribution is 0.219. The summed E-state index contributed by atoms with van der Waals surface area (Å²) >= 11 is 3.67. The van der Waals surface area contributed by atoms with E-state index in [0.29, 0.717) is 5.92 Å². The molecule has 0 amide bonds. The zero-order valence-corrected chi connectivity index (χ0v) is 14.7. The molecule has 0 aromatic carbocycles. The van der Waals surface area contributed by atoms with E-state index in [1.165, 1.54) is 25.0 Å². The molecule has 6 heteroatoms. The van der Waals surface area contributed by atoms with Crippen molar-refractivity contribution in [1.82, 2.24) is 19.8 Å². The van der Waals surface area contributed by atoms with Gasteiger partial charge in [0, 0.05) is 19.5 Å². The van der Waals surface area contributed by atoms with Crippen molar-refractivity contribution in [2.75, 3.05) is 46.1 Å². The summed E-state index contributed by atoms with van der Waals surface area (Å²) in [7, 11) is 6.30. The van der Waals surface area contributed by atoms with Crippen LogP contribution in [0.4, 0.5) is 5.82 Å². The highest BCUT2D eigenvalue weighted by atomic mass is 79.9. The summed E-state index contributed by atoms with van der Waals surface area (Å²) in [6.45, 7) is 3.24. The molecule has 3 rings (SSSR count). The number of halogens is 1. The summed E-state index contributed by atoms with van der Waals surface area (Å²) in [5, 5.41) is 3.21. The van der Waals surface area contributed by atoms with Crippen molar-refractivity contribution in [3.05, 3.63) is 16.0 Å². The van der Waals surface area contributed by atoms with Crippen LogP contribution >= 0.6 is 15.9 Å². The average molecular weight is 354 g/mol. The highest BCUT2D eigenvalue weighted by Crippen LogP contribution is 2.44. The maximum atomic E-state index is 4.93. The van der Waals surface area contributed by atoms with Crippen LogP contribution in [0.1, 0.15) is 42.7 Å². The van der Waals surface area contributed by atoms with Gasteiger partial charge < -0.3 is 10.2 Å². The van der Waals surface area contributed by atoms with Gasteiger partial charge in [-0.3, -0.25) is 4.90 Å². The third-order valence-corrected chi connectivity index (χ3v) is 5.24. The van der Waals surface area contributed by atoms with Crippen LogP contribution in [0.2, 0.25) is 0 Å². The third kappa shape index (κ3) is 3.22. The van der Waals surface area contributed by atoms with Gasteiger partial charge in [-0.15, -0.1) is 0 Å². The molecule has 2 heterocycles. The Morgan fingerprint density at radius 3 is 2.62 bits per heavy atom. The number of hydrogen-bond donors (Lipinski definition) is 1. The Morgan fingerprint density at radius 2 is 1.95 bits per heavy atom. The topological polar surface area (TPSA) is 44.3 Å². The summed E-state index contributed by atoms with van der Waals surface area (Å²) < 4.78 is 1.04. The second-order valence-electron chi connectivity index (χ2n) is 6.27. The molecule has 116 valence electrons. The number of nitrogens with one attached hydrogen (secondary N) is 1. The van der Waals surface area contributed by atoms with Crippen LogP contribution in [-0.4, -0.2) is 60.5 Å². The molecule has 1 N–H and O–H groups in total. The number of hydrogen-bond acceptors (Lipinski definition) is 5. The molecule has 1 saturated heterocycles. The van der Waals surface area contributed by atoms with Crippen molar-refractivity contribution in [1.29, 1.82) is 0 Å². The highest BCUT2D eigenvalue weighted by Gasteiger charge is 2.32. The van der Waals surface area contributed by atoms with Gasteiger partial charge in [-0.25, -0.2) is 9.97 Å². The normalized spacial score (nSPS) is 24.9. The van der Waals surface area contributed by atoms with E-state index >= 15 is 0 Å². The lowest BCUT2D eigenvalue weighted by Crippen LogP contribution is -2.32. The number of anilines is 1. The van der Waals surface area contributed by atoms with E-state index in [1.54, 1.807) is 0 Å². The first-order valence-corrected chi connectivity index (χ1v) is 8.53. The van der Waals surface area contributed by atoms with Crippen molar-refractivity contribution in [3.63, 3.8) is 0 Å². The molecule has 1 unspecified atom stereocenters. The Bertz CT molecular complexity index is 517. The smallest absolute Gasteiger partial charge is 0.149 e. The van der Waals surface area contributed by atoms with Crippen LogP contribution in [0.25, 0.3) is 0 Å². The van der Waals surface area contributed by atoms with Crippen LogP contribution < -0.4 is 5.32 Å². The quantitative estimate of drug-likeness (QED) is 0.904. The van der Waals surface area contributed by atoms with Crippen LogP contribution in [0, 0.1) is 0 Å². The van der Waals surface area contributed by atoms with E-state index < -0.39 is 0 Å². The van der Waals surface area contributed by atoms with Gasteiger partial charge >= 0.3 is 0 Å². The Kier molecular flexibility index (Phi) is 4.47. The summed E-state index contributed by atoms with van der Waals surface area (Å²) in [5.74, 6) is 2.49. The maximum Gasteiger partial charge on any atom is 0.149 e. The van der Waals surface area contributed by atoms with Crippen LogP contribution in [0.5, 0.6) is 0 Å². The van der Waals surface area contributed by atoms with Crippen LogP contribution in [-0.2, 0) is 0 Å². The van der Waals surface area contributed by atoms with E-state index in [-0.39, 0.29) is 6.04 Å². The van der Waals surface area contributed by atoms with Crippen molar-refractivity contribution < 1.29 is 0 Å². The first kappa shape index (κ1) is 15.2. The van der Waals surface area contributed by atoms with Crippen molar-refractivity contribution >= 4 is 21.7 Å². The minimum absolute atomic E-state index is 0.273. The zero-order chi connectivity index (χ0) is 15.0. The fourth-order valence-electron chi connectivity index (χ4n) is 2.97. The Labute approximate surface area is 135 Å². The van der Waals surface area contributed by atoms with Gasteiger partial charge in [-0.05, 0) is 62.4 Å². The van der Waals surface area contributed by atoms with Crippen LogP contribution in [0.15, 0.2) is 4.47 Å². The van der Waals surface area contributed by atoms with Crippen LogP contribution in [0.3, 0.4) is 0 Å². The predicted molar refractivity (Wildman–Crippen MR) is 88.7 cm³/mol. The first-order valence-electron chi connectivity index (χ1n) is 7.74. The van der Waals surface area contributed by atoms with E-state index in [9.17, 15) is 0 Å². The number of rotatable bonds is 3. The minimum Gasteiger partial charge on any atom is -0.372 e. The molecule has 1 atom stereocenters. The molecule has 1 aliphatic heterocycles. The van der Waals surface area contributed by atoms with E-state index in [4.69, 9.17) is 9.97 Å². The zero-order valence-electron chi connectivity index (χ0n) is 13.1. The average Bonchev–Trinajstić information content (AvgIpc) is 3.29. The molecule has 2 aliphatic rings. The van der Waals surface area contributed by atoms with E-state index in [1.807, 2.05) is 7.05 Å². The molecule has 0 bridgehead atoms. The number of likely N-dealkylation sites (N-methyl/N-ethyl adjacent to an activating group) is 2. The second kappa shape index (κ2) is 6.18. The monoisotopic (exact) mass is 353 g/mol. The van der Waals surface area contributed by atoms with Gasteiger partial charge in [-0.1, -0.05) is 0 Å². The molecule has 1 aromatic rings. The molecule has 1 aromatic heterocycles. The summed E-state index contributed by atoms with van der Waals surface area (Å²) in [6, 6.07) is 0.273. The largest absolute Gasteiger partial charge is 0.372 e. The molecule has 1 aliphatic carbocycles. The van der Waals surface area contributed by atoms with Gasteiger partial charge in [0.2, 0.25) is 0 Å². The standard InChI is InChI=1S/C15H24BrN5/c1-17-15-12(16)13(10-5-6-10)18-14(19-15)11-9-20(2)7-4-8-21(11)3/h10-11H,4-9H2,1-3H3,(H,17,18,19). The highest BCUT2D eigenvalue weighted by molar-refractivity contribution is 9.10. The fourth-order valence-corrected chi connectivity index (χ4v) is 3.67. The van der Waals surface area contributed by atoms with Gasteiger partial charge in [-0.2, -0.15) is 0 Å². The summed E-state index contributed by atoms with van der Waals surface area (Å²) in [5.41, 5.74) is 1.18. The van der Waals surface area contributed by atoms with Crippen molar-refractivity contribution in [2.24, 2.45) is 0 Å². The maximum absolute atomic E-state index is 4.93. The second-order valence-corrected chi connectivity index (χ2v) is 7.06. The summed E-state index contributed by atoms with van der Waals surface area (Å²) in [6.07, 6.45) is 3.70. The van der Waals surface area contributed by atoms with E-state index in [2.05, 4.69) is 45.1 Å². The molecule has 21 heavy (non-hydrogen) atoms. The molecule has 1 saturated carbocycles. The molecular weight excluding hydrogens is 330 g/mol. The molecule has 5 nitrogen and oxygen atoms in total. The summed E-state index contributed by atoms with van der Waals surface area (Å²) in [4.78, 5) is 14.5. The van der Waals surface area contributed by atoms with Gasteiger partial charge in [0.05, 0.1) is 16.2 Å². The van der Waals surface area contributed by atoms with Gasteiger partial charge in [0.1, 0.15) is 11.6 Å². The van der Waals surface area contributed by atoms with Crippen molar-refractivity contribution in [2.45, 2.75) is 31.2 Å². The van der Waals surface area contributed by atoms with Gasteiger partial charge in [0.15, 0.2) is 0 Å². The first-order chi connectivity index (χ1) is 10.1.